The lowest BCUT2D eigenvalue weighted by Gasteiger charge is -2.29. The normalized spacial score (nSPS) is 17.7. The quantitative estimate of drug-likeness (QED) is 0.876. The smallest absolute Gasteiger partial charge is 0.193 e. The summed E-state index contributed by atoms with van der Waals surface area (Å²) in [6, 6.07) is 4.23. The van der Waals surface area contributed by atoms with Crippen LogP contribution in [0, 0.1) is 0 Å². The highest BCUT2D eigenvalue weighted by Gasteiger charge is 2.19. The van der Waals surface area contributed by atoms with Crippen LogP contribution in [0.2, 0.25) is 0 Å². The number of hydrogen-bond donors (Lipinski definition) is 1. The monoisotopic (exact) mass is 318 g/mol. The molecule has 0 aliphatic carbocycles. The van der Waals surface area contributed by atoms with Gasteiger partial charge in [0.2, 0.25) is 0 Å². The SMILES string of the molecule is COc1cc2c(cc1OC)CN(CCNC1=NCCN1C)CC2. The summed E-state index contributed by atoms with van der Waals surface area (Å²) in [6.45, 7) is 5.89. The lowest BCUT2D eigenvalue weighted by molar-refractivity contribution is 0.256. The average Bonchev–Trinajstić information content (AvgIpc) is 2.98. The molecule has 0 atom stereocenters. The number of rotatable bonds is 5. The van der Waals surface area contributed by atoms with Crippen LogP contribution < -0.4 is 14.8 Å². The molecule has 2 heterocycles. The van der Waals surface area contributed by atoms with E-state index in [4.69, 9.17) is 9.47 Å². The van der Waals surface area contributed by atoms with Crippen molar-refractivity contribution < 1.29 is 9.47 Å². The lowest BCUT2D eigenvalue weighted by atomic mass is 9.99. The minimum Gasteiger partial charge on any atom is -0.493 e. The second-order valence-corrected chi connectivity index (χ2v) is 6.06. The molecule has 0 amide bonds. The molecule has 2 aliphatic heterocycles. The van der Waals surface area contributed by atoms with E-state index < -0.39 is 0 Å². The van der Waals surface area contributed by atoms with Crippen LogP contribution >= 0.6 is 0 Å². The van der Waals surface area contributed by atoms with Gasteiger partial charge in [-0.3, -0.25) is 9.89 Å². The molecular weight excluding hydrogens is 292 g/mol. The molecule has 1 aromatic rings. The van der Waals surface area contributed by atoms with Crippen molar-refractivity contribution in [2.75, 3.05) is 54.0 Å². The van der Waals surface area contributed by atoms with Crippen molar-refractivity contribution >= 4 is 5.96 Å². The minimum atomic E-state index is 0.813. The number of likely N-dealkylation sites (N-methyl/N-ethyl adjacent to an activating group) is 1. The summed E-state index contributed by atoms with van der Waals surface area (Å²) in [5.74, 6) is 2.66. The number of methoxy groups -OCH3 is 2. The van der Waals surface area contributed by atoms with E-state index >= 15 is 0 Å². The Balaban J connectivity index is 1.57. The summed E-state index contributed by atoms with van der Waals surface area (Å²) in [4.78, 5) is 9.10. The van der Waals surface area contributed by atoms with E-state index in [1.54, 1.807) is 14.2 Å². The molecule has 0 bridgehead atoms. The number of aliphatic imine (C=N–C) groups is 1. The molecule has 0 saturated carbocycles. The van der Waals surface area contributed by atoms with Gasteiger partial charge in [0.15, 0.2) is 17.5 Å². The molecular formula is C17H26N4O2. The van der Waals surface area contributed by atoms with E-state index in [9.17, 15) is 0 Å². The van der Waals surface area contributed by atoms with Gasteiger partial charge in [0, 0.05) is 39.8 Å². The Hall–Kier alpha value is -1.95. The molecule has 6 heteroatoms. The van der Waals surface area contributed by atoms with Crippen LogP contribution in [0.25, 0.3) is 0 Å². The molecule has 3 rings (SSSR count). The molecule has 6 nitrogen and oxygen atoms in total. The van der Waals surface area contributed by atoms with Gasteiger partial charge in [-0.25, -0.2) is 0 Å². The summed E-state index contributed by atoms with van der Waals surface area (Å²) in [6.07, 6.45) is 1.05. The van der Waals surface area contributed by atoms with Crippen LogP contribution in [0.4, 0.5) is 0 Å². The zero-order chi connectivity index (χ0) is 16.2. The van der Waals surface area contributed by atoms with Crippen molar-refractivity contribution in [2.45, 2.75) is 13.0 Å². The second-order valence-electron chi connectivity index (χ2n) is 6.06. The average molecular weight is 318 g/mol. The Morgan fingerprint density at radius 3 is 2.52 bits per heavy atom. The van der Waals surface area contributed by atoms with Gasteiger partial charge in [-0.05, 0) is 29.7 Å². The first-order valence-electron chi connectivity index (χ1n) is 8.17. The van der Waals surface area contributed by atoms with E-state index in [-0.39, 0.29) is 0 Å². The van der Waals surface area contributed by atoms with Crippen molar-refractivity contribution in [3.8, 4) is 11.5 Å². The summed E-state index contributed by atoms with van der Waals surface area (Å²) in [7, 11) is 5.46. The Kier molecular flexibility index (Phi) is 4.91. The van der Waals surface area contributed by atoms with Gasteiger partial charge < -0.3 is 19.7 Å². The first-order chi connectivity index (χ1) is 11.2. The number of fused-ring (bicyclic) bond motifs is 1. The van der Waals surface area contributed by atoms with Crippen molar-refractivity contribution in [3.05, 3.63) is 23.3 Å². The number of nitrogens with zero attached hydrogens (tertiary/aromatic N) is 3. The van der Waals surface area contributed by atoms with E-state index in [0.717, 1.165) is 63.1 Å². The molecule has 126 valence electrons. The topological polar surface area (TPSA) is 49.3 Å². The van der Waals surface area contributed by atoms with E-state index in [1.165, 1.54) is 11.1 Å². The highest BCUT2D eigenvalue weighted by molar-refractivity contribution is 5.81. The van der Waals surface area contributed by atoms with E-state index in [2.05, 4.69) is 39.3 Å². The fourth-order valence-electron chi connectivity index (χ4n) is 3.18. The molecule has 23 heavy (non-hydrogen) atoms. The number of benzene rings is 1. The summed E-state index contributed by atoms with van der Waals surface area (Å²) < 4.78 is 10.8. The molecule has 1 N–H and O–H groups in total. The van der Waals surface area contributed by atoms with Crippen molar-refractivity contribution in [2.24, 2.45) is 4.99 Å². The highest BCUT2D eigenvalue weighted by Crippen LogP contribution is 2.33. The Labute approximate surface area is 138 Å². The summed E-state index contributed by atoms with van der Waals surface area (Å²) >= 11 is 0. The third kappa shape index (κ3) is 3.52. The minimum absolute atomic E-state index is 0.813. The zero-order valence-electron chi connectivity index (χ0n) is 14.3. The molecule has 0 spiro atoms. The maximum Gasteiger partial charge on any atom is 0.193 e. The van der Waals surface area contributed by atoms with Crippen LogP contribution in [0.5, 0.6) is 11.5 Å². The van der Waals surface area contributed by atoms with Crippen LogP contribution in [-0.4, -0.2) is 69.8 Å². The number of nitrogens with one attached hydrogen (secondary N) is 1. The van der Waals surface area contributed by atoms with Crippen molar-refractivity contribution in [1.82, 2.24) is 15.1 Å². The van der Waals surface area contributed by atoms with Gasteiger partial charge >= 0.3 is 0 Å². The number of guanidine groups is 1. The summed E-state index contributed by atoms with van der Waals surface area (Å²) in [5, 5.41) is 3.43. The molecule has 0 radical (unpaired) electrons. The van der Waals surface area contributed by atoms with E-state index in [0.29, 0.717) is 0 Å². The molecule has 1 aromatic carbocycles. The number of hydrogen-bond acceptors (Lipinski definition) is 6. The highest BCUT2D eigenvalue weighted by atomic mass is 16.5. The number of ether oxygens (including phenoxy) is 2. The Morgan fingerprint density at radius 1 is 1.13 bits per heavy atom. The van der Waals surface area contributed by atoms with Gasteiger partial charge in [-0.1, -0.05) is 0 Å². The fourth-order valence-corrected chi connectivity index (χ4v) is 3.18. The van der Waals surface area contributed by atoms with Gasteiger partial charge in [0.05, 0.1) is 20.8 Å². The first kappa shape index (κ1) is 15.9. The Bertz CT molecular complexity index is 588. The molecule has 2 aliphatic rings. The maximum atomic E-state index is 5.42. The first-order valence-corrected chi connectivity index (χ1v) is 8.17. The van der Waals surface area contributed by atoms with Gasteiger partial charge in [-0.15, -0.1) is 0 Å². The van der Waals surface area contributed by atoms with Crippen LogP contribution in [0.1, 0.15) is 11.1 Å². The predicted molar refractivity (Wildman–Crippen MR) is 91.5 cm³/mol. The molecule has 0 saturated heterocycles. The molecule has 0 fully saturated rings. The lowest BCUT2D eigenvalue weighted by Crippen LogP contribution is -2.41. The standard InChI is InChI=1S/C17H26N4O2/c1-20-8-5-18-17(20)19-6-9-21-7-4-13-10-15(22-2)16(23-3)11-14(13)12-21/h10-11H,4-9,12H2,1-3H3,(H,18,19). The summed E-state index contributed by atoms with van der Waals surface area (Å²) in [5.41, 5.74) is 2.70. The van der Waals surface area contributed by atoms with Gasteiger partial charge in [0.25, 0.3) is 0 Å². The largest absolute Gasteiger partial charge is 0.493 e. The molecule has 0 unspecified atom stereocenters. The van der Waals surface area contributed by atoms with Gasteiger partial charge in [0.1, 0.15) is 0 Å². The third-order valence-corrected chi connectivity index (χ3v) is 4.57. The van der Waals surface area contributed by atoms with Crippen LogP contribution in [0.3, 0.4) is 0 Å². The van der Waals surface area contributed by atoms with Crippen LogP contribution in [-0.2, 0) is 13.0 Å². The zero-order valence-corrected chi connectivity index (χ0v) is 14.3. The van der Waals surface area contributed by atoms with Gasteiger partial charge in [-0.2, -0.15) is 0 Å². The van der Waals surface area contributed by atoms with Crippen molar-refractivity contribution in [1.29, 1.82) is 0 Å². The third-order valence-electron chi connectivity index (χ3n) is 4.57. The second kappa shape index (κ2) is 7.08. The maximum absolute atomic E-state index is 5.42. The molecule has 0 aromatic heterocycles. The predicted octanol–water partition coefficient (Wildman–Crippen LogP) is 0.953. The van der Waals surface area contributed by atoms with Crippen molar-refractivity contribution in [3.63, 3.8) is 0 Å². The van der Waals surface area contributed by atoms with E-state index in [1.807, 2.05) is 0 Å². The Morgan fingerprint density at radius 2 is 1.87 bits per heavy atom. The van der Waals surface area contributed by atoms with Crippen LogP contribution in [0.15, 0.2) is 17.1 Å². The fraction of sp³-hybridized carbons (Fsp3) is 0.588.